The summed E-state index contributed by atoms with van der Waals surface area (Å²) in [6.45, 7) is 3.62. The van der Waals surface area contributed by atoms with E-state index in [-0.39, 0.29) is 39.9 Å². The van der Waals surface area contributed by atoms with E-state index in [0.29, 0.717) is 6.07 Å². The number of nitrogen functional groups attached to an aromatic ring is 1. The van der Waals surface area contributed by atoms with E-state index >= 15 is 0 Å². The Kier molecular flexibility index (Phi) is 6.50. The van der Waals surface area contributed by atoms with E-state index in [0.717, 1.165) is 23.9 Å². The number of aromatic amines is 1. The molecule has 0 bridgehead atoms. The number of thioether (sulfide) groups is 1. The lowest BCUT2D eigenvalue weighted by Gasteiger charge is -2.10. The van der Waals surface area contributed by atoms with Crippen LogP contribution in [0.15, 0.2) is 28.2 Å². The summed E-state index contributed by atoms with van der Waals surface area (Å²) in [5, 5.41) is 4.99. The Bertz CT molecular complexity index is 933. The standard InChI is InChI=1S/C16H17F2N5O3S/c1-7(2)20-11(24)6-27-16-22-13(19)12(15(26)23-16)21-14(25)8-3-4-9(17)10(18)5-8/h3-5,7H,6H2,1-2H3,(H,20,24)(H,21,25)(H3,19,22,23,26). The van der Waals surface area contributed by atoms with Crippen molar-refractivity contribution in [3.05, 3.63) is 45.8 Å². The van der Waals surface area contributed by atoms with Crippen molar-refractivity contribution >= 4 is 35.1 Å². The fourth-order valence-corrected chi connectivity index (χ4v) is 2.66. The molecule has 0 radical (unpaired) electrons. The fraction of sp³-hybridized carbons (Fsp3) is 0.250. The molecule has 0 saturated carbocycles. The van der Waals surface area contributed by atoms with E-state index in [2.05, 4.69) is 20.6 Å². The average molecular weight is 397 g/mol. The van der Waals surface area contributed by atoms with Gasteiger partial charge in [-0.2, -0.15) is 0 Å². The van der Waals surface area contributed by atoms with Gasteiger partial charge in [-0.05, 0) is 32.0 Å². The number of nitrogens with one attached hydrogen (secondary N) is 3. The number of nitrogens with zero attached hydrogens (tertiary/aromatic N) is 1. The highest BCUT2D eigenvalue weighted by atomic mass is 32.2. The predicted molar refractivity (Wildman–Crippen MR) is 97.6 cm³/mol. The molecular weight excluding hydrogens is 380 g/mol. The fourth-order valence-electron chi connectivity index (χ4n) is 1.98. The first kappa shape index (κ1) is 20.4. The second-order valence-corrected chi connectivity index (χ2v) is 6.69. The number of hydrogen-bond acceptors (Lipinski definition) is 6. The maximum atomic E-state index is 13.2. The summed E-state index contributed by atoms with van der Waals surface area (Å²) in [4.78, 5) is 42.2. The lowest BCUT2D eigenvalue weighted by molar-refractivity contribution is -0.119. The molecule has 0 fully saturated rings. The van der Waals surface area contributed by atoms with Crippen molar-refractivity contribution in [1.82, 2.24) is 15.3 Å². The van der Waals surface area contributed by atoms with Crippen molar-refractivity contribution in [2.75, 3.05) is 16.8 Å². The number of anilines is 2. The SMILES string of the molecule is CC(C)NC(=O)CSc1nc(N)c(NC(=O)c2ccc(F)c(F)c2)c(=O)[nH]1. The summed E-state index contributed by atoms with van der Waals surface area (Å²) in [7, 11) is 0. The number of carbonyl (C=O) groups is 2. The van der Waals surface area contributed by atoms with Crippen LogP contribution in [-0.2, 0) is 4.79 Å². The second kappa shape index (κ2) is 8.62. The summed E-state index contributed by atoms with van der Waals surface area (Å²) >= 11 is 0.964. The first-order valence-corrected chi connectivity index (χ1v) is 8.74. The highest BCUT2D eigenvalue weighted by Gasteiger charge is 2.16. The Balaban J connectivity index is 2.12. The highest BCUT2D eigenvalue weighted by molar-refractivity contribution is 7.99. The minimum absolute atomic E-state index is 0.0150. The van der Waals surface area contributed by atoms with Crippen molar-refractivity contribution < 1.29 is 18.4 Å². The summed E-state index contributed by atoms with van der Waals surface area (Å²) in [6.07, 6.45) is 0. The monoisotopic (exact) mass is 397 g/mol. The van der Waals surface area contributed by atoms with Crippen molar-refractivity contribution in [2.45, 2.75) is 25.0 Å². The molecule has 144 valence electrons. The van der Waals surface area contributed by atoms with Crippen LogP contribution in [-0.4, -0.2) is 33.6 Å². The summed E-state index contributed by atoms with van der Waals surface area (Å²) in [5.41, 5.74) is 4.42. The number of nitrogens with two attached hydrogens (primary N) is 1. The van der Waals surface area contributed by atoms with Crippen LogP contribution in [0, 0.1) is 11.6 Å². The van der Waals surface area contributed by atoms with E-state index in [9.17, 15) is 23.2 Å². The second-order valence-electron chi connectivity index (χ2n) is 5.73. The lowest BCUT2D eigenvalue weighted by Crippen LogP contribution is -2.31. The average Bonchev–Trinajstić information content (AvgIpc) is 2.58. The van der Waals surface area contributed by atoms with Gasteiger partial charge in [0.1, 0.15) is 5.69 Å². The Morgan fingerprint density at radius 3 is 2.59 bits per heavy atom. The Hall–Kier alpha value is -2.95. The third-order valence-corrected chi connectivity index (χ3v) is 4.01. The molecule has 11 heteroatoms. The number of halogens is 2. The van der Waals surface area contributed by atoms with E-state index < -0.39 is 23.1 Å². The van der Waals surface area contributed by atoms with Crippen LogP contribution in [0.5, 0.6) is 0 Å². The number of aromatic nitrogens is 2. The zero-order valence-electron chi connectivity index (χ0n) is 14.4. The van der Waals surface area contributed by atoms with Crippen LogP contribution in [0.1, 0.15) is 24.2 Å². The van der Waals surface area contributed by atoms with Gasteiger partial charge >= 0.3 is 0 Å². The van der Waals surface area contributed by atoms with Crippen molar-refractivity contribution in [1.29, 1.82) is 0 Å². The minimum atomic E-state index is -1.20. The zero-order valence-corrected chi connectivity index (χ0v) is 15.2. The number of amides is 2. The molecule has 0 aliphatic heterocycles. The molecule has 2 aromatic rings. The molecule has 0 atom stereocenters. The van der Waals surface area contributed by atoms with Gasteiger partial charge in [-0.3, -0.25) is 19.4 Å². The molecule has 0 saturated heterocycles. The van der Waals surface area contributed by atoms with Gasteiger partial charge in [0.15, 0.2) is 22.6 Å². The topological polar surface area (TPSA) is 130 Å². The van der Waals surface area contributed by atoms with E-state index in [1.54, 1.807) is 0 Å². The Morgan fingerprint density at radius 1 is 1.30 bits per heavy atom. The number of benzene rings is 1. The Morgan fingerprint density at radius 2 is 2.00 bits per heavy atom. The quantitative estimate of drug-likeness (QED) is 0.432. The van der Waals surface area contributed by atoms with E-state index in [4.69, 9.17) is 5.73 Å². The summed E-state index contributed by atoms with van der Waals surface area (Å²) < 4.78 is 26.2. The van der Waals surface area contributed by atoms with Crippen molar-refractivity contribution in [3.63, 3.8) is 0 Å². The molecule has 1 heterocycles. The van der Waals surface area contributed by atoms with Gasteiger partial charge in [0.25, 0.3) is 11.5 Å². The van der Waals surface area contributed by atoms with Gasteiger partial charge < -0.3 is 16.4 Å². The molecule has 0 unspecified atom stereocenters. The van der Waals surface area contributed by atoms with Gasteiger partial charge in [-0.25, -0.2) is 13.8 Å². The van der Waals surface area contributed by atoms with E-state index in [1.807, 2.05) is 13.8 Å². The number of hydrogen-bond donors (Lipinski definition) is 4. The first-order valence-electron chi connectivity index (χ1n) is 7.75. The molecule has 1 aromatic heterocycles. The molecule has 0 aliphatic rings. The molecule has 0 aliphatic carbocycles. The van der Waals surface area contributed by atoms with Crippen LogP contribution >= 0.6 is 11.8 Å². The largest absolute Gasteiger partial charge is 0.382 e. The first-order chi connectivity index (χ1) is 12.7. The van der Waals surface area contributed by atoms with Crippen molar-refractivity contribution in [3.8, 4) is 0 Å². The third-order valence-electron chi connectivity index (χ3n) is 3.14. The third kappa shape index (κ3) is 5.51. The highest BCUT2D eigenvalue weighted by Crippen LogP contribution is 2.17. The van der Waals surface area contributed by atoms with Gasteiger partial charge in [-0.15, -0.1) is 0 Å². The number of H-pyrrole nitrogens is 1. The van der Waals surface area contributed by atoms with Gasteiger partial charge in [0.05, 0.1) is 5.75 Å². The molecule has 2 rings (SSSR count). The van der Waals surface area contributed by atoms with Crippen molar-refractivity contribution in [2.24, 2.45) is 0 Å². The van der Waals surface area contributed by atoms with Crippen LogP contribution < -0.4 is 21.9 Å². The minimum Gasteiger partial charge on any atom is -0.382 e. The van der Waals surface area contributed by atoms with E-state index in [1.165, 1.54) is 0 Å². The number of carbonyl (C=O) groups excluding carboxylic acids is 2. The molecule has 5 N–H and O–H groups in total. The molecule has 1 aromatic carbocycles. The number of rotatable bonds is 6. The molecular formula is C16H17F2N5O3S. The van der Waals surface area contributed by atoms with Gasteiger partial charge in [-0.1, -0.05) is 11.8 Å². The Labute approximate surface area is 156 Å². The maximum Gasteiger partial charge on any atom is 0.277 e. The van der Waals surface area contributed by atoms with Gasteiger partial charge in [0.2, 0.25) is 5.91 Å². The lowest BCUT2D eigenvalue weighted by atomic mass is 10.2. The zero-order chi connectivity index (χ0) is 20.1. The molecule has 8 nitrogen and oxygen atoms in total. The van der Waals surface area contributed by atoms with Crippen LogP contribution in [0.4, 0.5) is 20.3 Å². The van der Waals surface area contributed by atoms with Crippen LogP contribution in [0.3, 0.4) is 0 Å². The summed E-state index contributed by atoms with van der Waals surface area (Å²) in [5.74, 6) is -3.67. The van der Waals surface area contributed by atoms with Crippen LogP contribution in [0.25, 0.3) is 0 Å². The molecule has 0 spiro atoms. The normalized spacial score (nSPS) is 10.7. The van der Waals surface area contributed by atoms with Gasteiger partial charge in [0, 0.05) is 11.6 Å². The van der Waals surface area contributed by atoms with Crippen LogP contribution in [0.2, 0.25) is 0 Å². The molecule has 27 heavy (non-hydrogen) atoms. The molecule has 2 amide bonds. The smallest absolute Gasteiger partial charge is 0.277 e. The predicted octanol–water partition coefficient (Wildman–Crippen LogP) is 1.50. The maximum absolute atomic E-state index is 13.2. The summed E-state index contributed by atoms with van der Waals surface area (Å²) in [6, 6.07) is 2.52.